The van der Waals surface area contributed by atoms with Crippen molar-refractivity contribution in [2.75, 3.05) is 10.8 Å². The lowest BCUT2D eigenvalue weighted by molar-refractivity contribution is -0.139. The summed E-state index contributed by atoms with van der Waals surface area (Å²) in [6.07, 6.45) is 0. The molecule has 0 aliphatic rings. The molecule has 10 heteroatoms. The zero-order valence-electron chi connectivity index (χ0n) is 20.8. The van der Waals surface area contributed by atoms with Gasteiger partial charge in [0.1, 0.15) is 18.4 Å². The summed E-state index contributed by atoms with van der Waals surface area (Å²) < 4.78 is 42.8. The summed E-state index contributed by atoms with van der Waals surface area (Å²) in [5.41, 5.74) is 0.293. The molecule has 1 atom stereocenters. The SMILES string of the molecule is CC(C)NC(=O)[C@@H](C)N(Cc1ccccc1F)C(=O)CN(c1ccccc1Cl)S(=O)(=O)c1ccccc1. The van der Waals surface area contributed by atoms with E-state index in [0.717, 1.165) is 4.31 Å². The van der Waals surface area contributed by atoms with E-state index in [1.54, 1.807) is 50.2 Å². The van der Waals surface area contributed by atoms with Crippen molar-refractivity contribution in [3.05, 3.63) is 95.3 Å². The average molecular weight is 546 g/mol. The number of hydrogen-bond acceptors (Lipinski definition) is 4. The molecule has 37 heavy (non-hydrogen) atoms. The Balaban J connectivity index is 2.04. The highest BCUT2D eigenvalue weighted by molar-refractivity contribution is 7.92. The first-order chi connectivity index (χ1) is 17.5. The van der Waals surface area contributed by atoms with Crippen molar-refractivity contribution in [3.8, 4) is 0 Å². The number of amides is 2. The summed E-state index contributed by atoms with van der Waals surface area (Å²) >= 11 is 6.35. The number of benzene rings is 3. The molecule has 0 aliphatic carbocycles. The number of sulfonamides is 1. The summed E-state index contributed by atoms with van der Waals surface area (Å²) in [5, 5.41) is 2.87. The van der Waals surface area contributed by atoms with Crippen LogP contribution in [0.4, 0.5) is 10.1 Å². The van der Waals surface area contributed by atoms with Gasteiger partial charge in [-0.15, -0.1) is 0 Å². The number of carbonyl (C=O) groups is 2. The lowest BCUT2D eigenvalue weighted by atomic mass is 10.1. The van der Waals surface area contributed by atoms with Crippen LogP contribution in [0.1, 0.15) is 26.3 Å². The van der Waals surface area contributed by atoms with Crippen LogP contribution in [-0.2, 0) is 26.2 Å². The van der Waals surface area contributed by atoms with Crippen LogP contribution in [0.5, 0.6) is 0 Å². The van der Waals surface area contributed by atoms with Gasteiger partial charge in [-0.05, 0) is 51.1 Å². The minimum atomic E-state index is -4.22. The fourth-order valence-electron chi connectivity index (χ4n) is 3.68. The standard InChI is InChI=1S/C27H29ClFN3O4S/c1-19(2)30-27(34)20(3)31(17-21-11-7-9-15-24(21)29)26(33)18-32(25-16-10-8-14-23(25)28)37(35,36)22-12-5-4-6-13-22/h4-16,19-20H,17-18H2,1-3H3,(H,30,34)/t20-/m1/s1. The van der Waals surface area contributed by atoms with Gasteiger partial charge < -0.3 is 10.2 Å². The van der Waals surface area contributed by atoms with Gasteiger partial charge in [-0.1, -0.05) is 60.1 Å². The molecule has 0 aromatic heterocycles. The van der Waals surface area contributed by atoms with Crippen molar-refractivity contribution in [1.29, 1.82) is 0 Å². The van der Waals surface area contributed by atoms with E-state index in [4.69, 9.17) is 11.6 Å². The molecule has 3 rings (SSSR count). The predicted octanol–water partition coefficient (Wildman–Crippen LogP) is 4.62. The maximum atomic E-state index is 14.5. The molecule has 0 radical (unpaired) electrons. The van der Waals surface area contributed by atoms with Crippen LogP contribution in [-0.4, -0.2) is 43.8 Å². The lowest BCUT2D eigenvalue weighted by Gasteiger charge is -2.32. The molecule has 0 heterocycles. The number of nitrogens with one attached hydrogen (secondary N) is 1. The normalized spacial score (nSPS) is 12.2. The minimum Gasteiger partial charge on any atom is -0.352 e. The predicted molar refractivity (Wildman–Crippen MR) is 142 cm³/mol. The second kappa shape index (κ2) is 12.2. The number of para-hydroxylation sites is 1. The van der Waals surface area contributed by atoms with E-state index >= 15 is 0 Å². The van der Waals surface area contributed by atoms with Crippen LogP contribution in [0.25, 0.3) is 0 Å². The number of nitrogens with zero attached hydrogens (tertiary/aromatic N) is 2. The molecule has 3 aromatic rings. The molecular formula is C27H29ClFN3O4S. The van der Waals surface area contributed by atoms with Crippen LogP contribution < -0.4 is 9.62 Å². The lowest BCUT2D eigenvalue weighted by Crippen LogP contribution is -2.52. The van der Waals surface area contributed by atoms with Gasteiger partial charge in [-0.3, -0.25) is 13.9 Å². The minimum absolute atomic E-state index is 0.0334. The highest BCUT2D eigenvalue weighted by atomic mass is 35.5. The summed E-state index contributed by atoms with van der Waals surface area (Å²) in [7, 11) is -4.22. The molecule has 0 aliphatic heterocycles. The molecular weight excluding hydrogens is 517 g/mol. The van der Waals surface area contributed by atoms with Gasteiger partial charge in [0.15, 0.2) is 0 Å². The number of halogens is 2. The second-order valence-electron chi connectivity index (χ2n) is 8.73. The molecule has 196 valence electrons. The largest absolute Gasteiger partial charge is 0.352 e. The van der Waals surface area contributed by atoms with Crippen molar-refractivity contribution in [2.45, 2.75) is 44.3 Å². The van der Waals surface area contributed by atoms with Gasteiger partial charge in [-0.2, -0.15) is 0 Å². The third-order valence-electron chi connectivity index (χ3n) is 5.63. The molecule has 2 amide bonds. The van der Waals surface area contributed by atoms with Gasteiger partial charge in [0.2, 0.25) is 11.8 Å². The Morgan fingerprint density at radius 2 is 1.51 bits per heavy atom. The molecule has 7 nitrogen and oxygen atoms in total. The van der Waals surface area contributed by atoms with Crippen molar-refractivity contribution in [2.24, 2.45) is 0 Å². The topological polar surface area (TPSA) is 86.8 Å². The number of rotatable bonds is 10. The van der Waals surface area contributed by atoms with E-state index in [-0.39, 0.29) is 33.8 Å². The third kappa shape index (κ3) is 6.87. The molecule has 0 bridgehead atoms. The van der Waals surface area contributed by atoms with E-state index in [1.165, 1.54) is 54.3 Å². The van der Waals surface area contributed by atoms with Gasteiger partial charge in [0, 0.05) is 18.2 Å². The van der Waals surface area contributed by atoms with Crippen LogP contribution in [0, 0.1) is 5.82 Å². The highest BCUT2D eigenvalue weighted by Gasteiger charge is 2.33. The Bertz CT molecular complexity index is 1350. The van der Waals surface area contributed by atoms with Gasteiger partial charge in [-0.25, -0.2) is 12.8 Å². The van der Waals surface area contributed by atoms with Crippen molar-refractivity contribution < 1.29 is 22.4 Å². The Labute approximate surface area is 221 Å². The Morgan fingerprint density at radius 1 is 0.919 bits per heavy atom. The Hall–Kier alpha value is -3.43. The fraction of sp³-hybridized carbons (Fsp3) is 0.259. The van der Waals surface area contributed by atoms with E-state index in [2.05, 4.69) is 5.32 Å². The monoisotopic (exact) mass is 545 g/mol. The fourth-order valence-corrected chi connectivity index (χ4v) is 5.43. The van der Waals surface area contributed by atoms with Crippen molar-refractivity contribution >= 4 is 39.1 Å². The highest BCUT2D eigenvalue weighted by Crippen LogP contribution is 2.30. The van der Waals surface area contributed by atoms with E-state index in [9.17, 15) is 22.4 Å². The molecule has 1 N–H and O–H groups in total. The maximum Gasteiger partial charge on any atom is 0.264 e. The molecule has 0 unspecified atom stereocenters. The number of hydrogen-bond donors (Lipinski definition) is 1. The Kier molecular flexibility index (Phi) is 9.29. The molecule has 0 spiro atoms. The van der Waals surface area contributed by atoms with E-state index < -0.39 is 40.2 Å². The summed E-state index contributed by atoms with van der Waals surface area (Å²) in [6, 6.07) is 18.6. The number of anilines is 1. The third-order valence-corrected chi connectivity index (χ3v) is 7.72. The summed E-state index contributed by atoms with van der Waals surface area (Å²) in [5.74, 6) is -1.69. The first-order valence-electron chi connectivity index (χ1n) is 11.7. The van der Waals surface area contributed by atoms with E-state index in [1.807, 2.05) is 0 Å². The van der Waals surface area contributed by atoms with Crippen LogP contribution >= 0.6 is 11.6 Å². The zero-order chi connectivity index (χ0) is 27.2. The van der Waals surface area contributed by atoms with Crippen LogP contribution in [0.3, 0.4) is 0 Å². The maximum absolute atomic E-state index is 14.5. The zero-order valence-corrected chi connectivity index (χ0v) is 22.3. The Morgan fingerprint density at radius 3 is 2.14 bits per heavy atom. The number of carbonyl (C=O) groups excluding carboxylic acids is 2. The van der Waals surface area contributed by atoms with Gasteiger partial charge in [0.05, 0.1) is 15.6 Å². The van der Waals surface area contributed by atoms with Crippen LogP contribution in [0.15, 0.2) is 83.8 Å². The van der Waals surface area contributed by atoms with Crippen molar-refractivity contribution in [1.82, 2.24) is 10.2 Å². The van der Waals surface area contributed by atoms with Crippen molar-refractivity contribution in [3.63, 3.8) is 0 Å². The van der Waals surface area contributed by atoms with Gasteiger partial charge in [0.25, 0.3) is 10.0 Å². The molecule has 0 saturated carbocycles. The summed E-state index contributed by atoms with van der Waals surface area (Å²) in [4.78, 5) is 27.7. The molecule has 3 aromatic carbocycles. The van der Waals surface area contributed by atoms with E-state index in [0.29, 0.717) is 0 Å². The molecule has 0 fully saturated rings. The van der Waals surface area contributed by atoms with Gasteiger partial charge >= 0.3 is 0 Å². The smallest absolute Gasteiger partial charge is 0.264 e. The summed E-state index contributed by atoms with van der Waals surface area (Å²) in [6.45, 7) is 4.18. The first-order valence-corrected chi connectivity index (χ1v) is 13.5. The molecule has 0 saturated heterocycles. The second-order valence-corrected chi connectivity index (χ2v) is 11.0. The quantitative estimate of drug-likeness (QED) is 0.403. The average Bonchev–Trinajstić information content (AvgIpc) is 2.87. The first kappa shape index (κ1) is 28.1. The van der Waals surface area contributed by atoms with Crippen LogP contribution in [0.2, 0.25) is 5.02 Å².